The van der Waals surface area contributed by atoms with E-state index in [0.29, 0.717) is 30.2 Å². The summed E-state index contributed by atoms with van der Waals surface area (Å²) in [7, 11) is 0. The molecule has 1 aliphatic heterocycles. The molecule has 1 aromatic rings. The van der Waals surface area contributed by atoms with E-state index >= 15 is 0 Å². The summed E-state index contributed by atoms with van der Waals surface area (Å²) < 4.78 is 19.4. The zero-order chi connectivity index (χ0) is 15.5. The van der Waals surface area contributed by atoms with Crippen LogP contribution in [0.4, 0.5) is 4.39 Å². The Bertz CT molecular complexity index is 545. The molecule has 3 rings (SSSR count). The summed E-state index contributed by atoms with van der Waals surface area (Å²) in [6.07, 6.45) is 2.42. The Hall–Kier alpha value is -1.46. The van der Waals surface area contributed by atoms with Crippen LogP contribution in [-0.4, -0.2) is 43.1 Å². The van der Waals surface area contributed by atoms with Gasteiger partial charge in [-0.1, -0.05) is 0 Å². The molecular weight excluding hydrogens is 283 g/mol. The van der Waals surface area contributed by atoms with Gasteiger partial charge in [-0.05, 0) is 43.9 Å². The number of nitrogens with one attached hydrogen (secondary N) is 1. The smallest absolute Gasteiger partial charge is 0.254 e. The highest BCUT2D eigenvalue weighted by Gasteiger charge is 2.25. The Morgan fingerprint density at radius 1 is 1.45 bits per heavy atom. The van der Waals surface area contributed by atoms with Gasteiger partial charge in [-0.2, -0.15) is 0 Å². The van der Waals surface area contributed by atoms with Crippen LogP contribution in [0.2, 0.25) is 0 Å². The van der Waals surface area contributed by atoms with Crippen LogP contribution in [0.15, 0.2) is 18.2 Å². The van der Waals surface area contributed by atoms with Gasteiger partial charge < -0.3 is 15.0 Å². The van der Waals surface area contributed by atoms with Crippen LogP contribution in [0.3, 0.4) is 0 Å². The lowest BCUT2D eigenvalue weighted by Crippen LogP contribution is -2.52. The third-order valence-corrected chi connectivity index (χ3v) is 4.36. The molecule has 5 heteroatoms. The van der Waals surface area contributed by atoms with E-state index in [1.807, 2.05) is 11.8 Å². The van der Waals surface area contributed by atoms with E-state index < -0.39 is 0 Å². The summed E-state index contributed by atoms with van der Waals surface area (Å²) in [5, 5.41) is 3.26. The SMILES string of the molecule is CC1CNCCN1C(=O)c1ccc(F)c(COCC2CC2)c1. The first-order valence-electron chi connectivity index (χ1n) is 8.03. The Morgan fingerprint density at radius 2 is 2.27 bits per heavy atom. The van der Waals surface area contributed by atoms with Gasteiger partial charge in [0.15, 0.2) is 0 Å². The molecule has 0 bridgehead atoms. The van der Waals surface area contributed by atoms with Crippen LogP contribution in [0.5, 0.6) is 0 Å². The topological polar surface area (TPSA) is 41.6 Å². The Kier molecular flexibility index (Phi) is 4.74. The fraction of sp³-hybridized carbons (Fsp3) is 0.588. The minimum Gasteiger partial charge on any atom is -0.376 e. The number of piperazine rings is 1. The number of halogens is 1. The molecule has 22 heavy (non-hydrogen) atoms. The molecule has 1 heterocycles. The number of amides is 1. The van der Waals surface area contributed by atoms with Gasteiger partial charge in [0.25, 0.3) is 5.91 Å². The predicted molar refractivity (Wildman–Crippen MR) is 82.1 cm³/mol. The second-order valence-electron chi connectivity index (χ2n) is 6.32. The zero-order valence-corrected chi connectivity index (χ0v) is 13.0. The van der Waals surface area contributed by atoms with Crippen LogP contribution in [0, 0.1) is 11.7 Å². The largest absolute Gasteiger partial charge is 0.376 e. The monoisotopic (exact) mass is 306 g/mol. The number of hydrogen-bond acceptors (Lipinski definition) is 3. The predicted octanol–water partition coefficient (Wildman–Crippen LogP) is 2.19. The maximum Gasteiger partial charge on any atom is 0.254 e. The first kappa shape index (κ1) is 15.4. The number of carbonyl (C=O) groups is 1. The molecule has 0 spiro atoms. The normalized spacial score (nSPS) is 21.9. The molecule has 1 aromatic carbocycles. The summed E-state index contributed by atoms with van der Waals surface area (Å²) in [5.41, 5.74) is 1.01. The van der Waals surface area contributed by atoms with E-state index in [1.54, 1.807) is 12.1 Å². The highest BCUT2D eigenvalue weighted by atomic mass is 19.1. The van der Waals surface area contributed by atoms with Crippen LogP contribution in [-0.2, 0) is 11.3 Å². The molecule has 1 atom stereocenters. The third-order valence-electron chi connectivity index (χ3n) is 4.36. The minimum absolute atomic E-state index is 0.0301. The van der Waals surface area contributed by atoms with E-state index in [4.69, 9.17) is 4.74 Å². The summed E-state index contributed by atoms with van der Waals surface area (Å²) in [6.45, 7) is 5.23. The van der Waals surface area contributed by atoms with Gasteiger partial charge in [0.1, 0.15) is 5.82 Å². The molecule has 0 radical (unpaired) electrons. The number of nitrogens with zero attached hydrogens (tertiary/aromatic N) is 1. The number of benzene rings is 1. The molecule has 0 aromatic heterocycles. The van der Waals surface area contributed by atoms with E-state index in [9.17, 15) is 9.18 Å². The molecule has 1 amide bonds. The highest BCUT2D eigenvalue weighted by Crippen LogP contribution is 2.29. The van der Waals surface area contributed by atoms with E-state index in [0.717, 1.165) is 13.1 Å². The summed E-state index contributed by atoms with van der Waals surface area (Å²) in [6, 6.07) is 4.73. The summed E-state index contributed by atoms with van der Waals surface area (Å²) in [4.78, 5) is 14.4. The fourth-order valence-electron chi connectivity index (χ4n) is 2.75. The first-order chi connectivity index (χ1) is 10.6. The average Bonchev–Trinajstić information content (AvgIpc) is 3.33. The van der Waals surface area contributed by atoms with Crippen molar-refractivity contribution >= 4 is 5.91 Å². The summed E-state index contributed by atoms with van der Waals surface area (Å²) in [5.74, 6) is 0.313. The second-order valence-corrected chi connectivity index (χ2v) is 6.32. The number of carbonyl (C=O) groups excluding carboxylic acids is 1. The maximum absolute atomic E-state index is 13.9. The zero-order valence-electron chi connectivity index (χ0n) is 13.0. The van der Waals surface area contributed by atoms with Crippen LogP contribution >= 0.6 is 0 Å². The molecule has 1 N–H and O–H groups in total. The molecule has 4 nitrogen and oxygen atoms in total. The Morgan fingerprint density at radius 3 is 3.00 bits per heavy atom. The van der Waals surface area contributed by atoms with Crippen molar-refractivity contribution in [3.63, 3.8) is 0 Å². The van der Waals surface area contributed by atoms with Crippen molar-refractivity contribution in [1.29, 1.82) is 0 Å². The molecule has 1 saturated heterocycles. The standard InChI is InChI=1S/C17H23FN2O2/c1-12-9-19-6-7-20(12)17(21)14-4-5-16(18)15(8-14)11-22-10-13-2-3-13/h4-5,8,12-13,19H,2-3,6-7,9-11H2,1H3. The highest BCUT2D eigenvalue weighted by molar-refractivity contribution is 5.94. The maximum atomic E-state index is 13.9. The van der Waals surface area contributed by atoms with E-state index in [2.05, 4.69) is 5.32 Å². The van der Waals surface area contributed by atoms with Gasteiger partial charge in [-0.15, -0.1) is 0 Å². The van der Waals surface area contributed by atoms with Crippen LogP contribution < -0.4 is 5.32 Å². The molecule has 2 fully saturated rings. The van der Waals surface area contributed by atoms with Gasteiger partial charge in [-0.3, -0.25) is 4.79 Å². The third kappa shape index (κ3) is 3.65. The van der Waals surface area contributed by atoms with Crippen LogP contribution in [0.25, 0.3) is 0 Å². The van der Waals surface area contributed by atoms with Crippen molar-refractivity contribution in [3.05, 3.63) is 35.1 Å². The van der Waals surface area contributed by atoms with Crippen molar-refractivity contribution < 1.29 is 13.9 Å². The summed E-state index contributed by atoms with van der Waals surface area (Å²) >= 11 is 0. The van der Waals surface area contributed by atoms with Crippen molar-refractivity contribution in [2.45, 2.75) is 32.4 Å². The number of ether oxygens (including phenoxy) is 1. The molecule has 1 aliphatic carbocycles. The molecule has 2 aliphatic rings. The lowest BCUT2D eigenvalue weighted by Gasteiger charge is -2.34. The van der Waals surface area contributed by atoms with Crippen LogP contribution in [0.1, 0.15) is 35.7 Å². The Labute approximate surface area is 130 Å². The van der Waals surface area contributed by atoms with Crippen molar-refractivity contribution in [2.75, 3.05) is 26.2 Å². The second kappa shape index (κ2) is 6.75. The van der Waals surface area contributed by atoms with Gasteiger partial charge in [0, 0.05) is 43.4 Å². The first-order valence-corrected chi connectivity index (χ1v) is 8.03. The fourth-order valence-corrected chi connectivity index (χ4v) is 2.75. The van der Waals surface area contributed by atoms with E-state index in [1.165, 1.54) is 18.9 Å². The quantitative estimate of drug-likeness (QED) is 0.906. The lowest BCUT2D eigenvalue weighted by atomic mass is 10.1. The van der Waals surface area contributed by atoms with Gasteiger partial charge in [0.2, 0.25) is 0 Å². The van der Waals surface area contributed by atoms with Crippen molar-refractivity contribution in [3.8, 4) is 0 Å². The minimum atomic E-state index is -0.305. The molecular formula is C17H23FN2O2. The lowest BCUT2D eigenvalue weighted by molar-refractivity contribution is 0.0655. The molecule has 1 unspecified atom stereocenters. The Balaban J connectivity index is 1.68. The van der Waals surface area contributed by atoms with E-state index in [-0.39, 0.29) is 24.4 Å². The van der Waals surface area contributed by atoms with Crippen molar-refractivity contribution in [2.24, 2.45) is 5.92 Å². The van der Waals surface area contributed by atoms with Gasteiger partial charge in [-0.25, -0.2) is 4.39 Å². The van der Waals surface area contributed by atoms with Gasteiger partial charge >= 0.3 is 0 Å². The number of rotatable bonds is 5. The molecule has 120 valence electrons. The molecule has 1 saturated carbocycles. The average molecular weight is 306 g/mol. The number of hydrogen-bond donors (Lipinski definition) is 1. The van der Waals surface area contributed by atoms with Crippen molar-refractivity contribution in [1.82, 2.24) is 10.2 Å². The van der Waals surface area contributed by atoms with Gasteiger partial charge in [0.05, 0.1) is 6.61 Å².